The molecule has 0 amide bonds. The molecule has 0 heterocycles. The van der Waals surface area contributed by atoms with E-state index in [2.05, 4.69) is 0 Å². The SMILES string of the molecule is O=C([O-])CCC1CCCC1=O.[Na+]. The number of carbonyl (C=O) groups excluding carboxylic acids is 2. The van der Waals surface area contributed by atoms with Crippen molar-refractivity contribution in [1.29, 1.82) is 0 Å². The van der Waals surface area contributed by atoms with Crippen LogP contribution < -0.4 is 34.7 Å². The van der Waals surface area contributed by atoms with Gasteiger partial charge < -0.3 is 9.90 Å². The predicted molar refractivity (Wildman–Crippen MR) is 36.6 cm³/mol. The van der Waals surface area contributed by atoms with E-state index in [0.29, 0.717) is 12.8 Å². The molecule has 0 saturated heterocycles. The second-order valence-electron chi connectivity index (χ2n) is 2.97. The van der Waals surface area contributed by atoms with Gasteiger partial charge in [-0.25, -0.2) is 0 Å². The van der Waals surface area contributed by atoms with Gasteiger partial charge in [-0.15, -0.1) is 0 Å². The van der Waals surface area contributed by atoms with E-state index in [0.717, 1.165) is 12.8 Å². The van der Waals surface area contributed by atoms with Gasteiger partial charge in [-0.05, 0) is 25.7 Å². The van der Waals surface area contributed by atoms with Gasteiger partial charge in [0.25, 0.3) is 0 Å². The summed E-state index contributed by atoms with van der Waals surface area (Å²) in [5.41, 5.74) is 0. The number of hydrogen-bond acceptors (Lipinski definition) is 3. The van der Waals surface area contributed by atoms with Crippen LogP contribution in [0.3, 0.4) is 0 Å². The molecule has 0 aromatic heterocycles. The average Bonchev–Trinajstić information content (AvgIpc) is 2.31. The van der Waals surface area contributed by atoms with Crippen molar-refractivity contribution in [3.8, 4) is 0 Å². The molecule has 0 aromatic carbocycles. The summed E-state index contributed by atoms with van der Waals surface area (Å²) < 4.78 is 0. The summed E-state index contributed by atoms with van der Waals surface area (Å²) in [5.74, 6) is -0.816. The van der Waals surface area contributed by atoms with Crippen LogP contribution in [0, 0.1) is 5.92 Å². The Kier molecular flexibility index (Phi) is 5.80. The first-order valence-electron chi connectivity index (χ1n) is 3.92. The third kappa shape index (κ3) is 3.70. The summed E-state index contributed by atoms with van der Waals surface area (Å²) in [6.07, 6.45) is 2.93. The third-order valence-electron chi connectivity index (χ3n) is 2.13. The van der Waals surface area contributed by atoms with Gasteiger partial charge in [-0.1, -0.05) is 0 Å². The minimum Gasteiger partial charge on any atom is -0.550 e. The molecule has 1 atom stereocenters. The molecule has 12 heavy (non-hydrogen) atoms. The van der Waals surface area contributed by atoms with Gasteiger partial charge in [0.05, 0.1) is 0 Å². The normalized spacial score (nSPS) is 22.0. The van der Waals surface area contributed by atoms with Gasteiger partial charge in [-0.3, -0.25) is 4.79 Å². The molecule has 0 N–H and O–H groups in total. The van der Waals surface area contributed by atoms with Crippen LogP contribution in [0.5, 0.6) is 0 Å². The zero-order valence-electron chi connectivity index (χ0n) is 7.34. The average molecular weight is 178 g/mol. The Balaban J connectivity index is 0.00000121. The molecule has 0 spiro atoms. The van der Waals surface area contributed by atoms with E-state index in [1.165, 1.54) is 0 Å². The van der Waals surface area contributed by atoms with Crippen LogP contribution in [-0.4, -0.2) is 11.8 Å². The Morgan fingerprint density at radius 2 is 2.25 bits per heavy atom. The summed E-state index contributed by atoms with van der Waals surface area (Å²) in [7, 11) is 0. The number of hydrogen-bond donors (Lipinski definition) is 0. The largest absolute Gasteiger partial charge is 1.00 e. The fraction of sp³-hybridized carbons (Fsp3) is 0.750. The number of carboxylic acid groups (broad SMARTS) is 1. The molecule has 1 rings (SSSR count). The monoisotopic (exact) mass is 178 g/mol. The maximum Gasteiger partial charge on any atom is 1.00 e. The fourth-order valence-corrected chi connectivity index (χ4v) is 1.49. The zero-order valence-corrected chi connectivity index (χ0v) is 9.34. The van der Waals surface area contributed by atoms with E-state index in [-0.39, 0.29) is 47.7 Å². The van der Waals surface area contributed by atoms with Crippen LogP contribution in [0.4, 0.5) is 0 Å². The first kappa shape index (κ1) is 12.1. The Bertz CT molecular complexity index is 179. The predicted octanol–water partition coefficient (Wildman–Crippen LogP) is -3.11. The quantitative estimate of drug-likeness (QED) is 0.430. The van der Waals surface area contributed by atoms with E-state index >= 15 is 0 Å². The Morgan fingerprint density at radius 3 is 2.67 bits per heavy atom. The van der Waals surface area contributed by atoms with Crippen molar-refractivity contribution in [3.63, 3.8) is 0 Å². The molecule has 1 aliphatic carbocycles. The molecule has 4 heteroatoms. The summed E-state index contributed by atoms with van der Waals surface area (Å²) in [5, 5.41) is 10.0. The van der Waals surface area contributed by atoms with Crippen molar-refractivity contribution in [3.05, 3.63) is 0 Å². The zero-order chi connectivity index (χ0) is 8.27. The Morgan fingerprint density at radius 1 is 1.58 bits per heavy atom. The minimum atomic E-state index is -1.05. The van der Waals surface area contributed by atoms with E-state index < -0.39 is 5.97 Å². The molecule has 1 unspecified atom stereocenters. The third-order valence-corrected chi connectivity index (χ3v) is 2.13. The minimum absolute atomic E-state index is 0. The molecule has 3 nitrogen and oxygen atoms in total. The number of rotatable bonds is 3. The molecule has 0 aliphatic heterocycles. The number of aliphatic carboxylic acids is 1. The van der Waals surface area contributed by atoms with E-state index in [1.54, 1.807) is 0 Å². The van der Waals surface area contributed by atoms with Crippen LogP contribution in [0.25, 0.3) is 0 Å². The molecule has 1 saturated carbocycles. The number of Topliss-reactive ketones (excluding diaryl/α,β-unsaturated/α-hetero) is 1. The van der Waals surface area contributed by atoms with Gasteiger partial charge in [-0.2, -0.15) is 0 Å². The van der Waals surface area contributed by atoms with E-state index in [1.807, 2.05) is 0 Å². The standard InChI is InChI=1S/C8H12O3.Na/c9-7-3-1-2-6(7)4-5-8(10)11;/h6H,1-5H2,(H,10,11);/q;+1/p-1. The number of carboxylic acids is 1. The summed E-state index contributed by atoms with van der Waals surface area (Å²) in [6, 6.07) is 0. The van der Waals surface area contributed by atoms with Gasteiger partial charge in [0.15, 0.2) is 0 Å². The number of ketones is 1. The van der Waals surface area contributed by atoms with Crippen molar-refractivity contribution >= 4 is 11.8 Å². The molecule has 1 fully saturated rings. The van der Waals surface area contributed by atoms with Crippen LogP contribution >= 0.6 is 0 Å². The molecular weight excluding hydrogens is 167 g/mol. The van der Waals surface area contributed by atoms with Gasteiger partial charge in [0, 0.05) is 18.3 Å². The summed E-state index contributed by atoms with van der Waals surface area (Å²) in [4.78, 5) is 21.0. The maximum atomic E-state index is 11.0. The topological polar surface area (TPSA) is 57.2 Å². The summed E-state index contributed by atoms with van der Waals surface area (Å²) >= 11 is 0. The maximum absolute atomic E-state index is 11.0. The fourth-order valence-electron chi connectivity index (χ4n) is 1.49. The van der Waals surface area contributed by atoms with Gasteiger partial charge in [0.1, 0.15) is 5.78 Å². The van der Waals surface area contributed by atoms with Crippen LogP contribution in [-0.2, 0) is 9.59 Å². The molecule has 62 valence electrons. The van der Waals surface area contributed by atoms with Crippen molar-refractivity contribution in [2.24, 2.45) is 5.92 Å². The number of carbonyl (C=O) groups is 2. The van der Waals surface area contributed by atoms with Gasteiger partial charge >= 0.3 is 29.6 Å². The van der Waals surface area contributed by atoms with E-state index in [4.69, 9.17) is 0 Å². The summed E-state index contributed by atoms with van der Waals surface area (Å²) in [6.45, 7) is 0. The Hall–Kier alpha value is 0.140. The molecule has 0 aromatic rings. The molecule has 0 radical (unpaired) electrons. The van der Waals surface area contributed by atoms with Crippen molar-refractivity contribution < 1.29 is 44.3 Å². The van der Waals surface area contributed by atoms with Crippen molar-refractivity contribution in [1.82, 2.24) is 0 Å². The van der Waals surface area contributed by atoms with E-state index in [9.17, 15) is 14.7 Å². The molecular formula is C8H11NaO3. The first-order chi connectivity index (χ1) is 5.20. The molecule has 0 bridgehead atoms. The smallest absolute Gasteiger partial charge is 0.550 e. The van der Waals surface area contributed by atoms with Crippen molar-refractivity contribution in [2.45, 2.75) is 32.1 Å². The van der Waals surface area contributed by atoms with Crippen LogP contribution in [0.1, 0.15) is 32.1 Å². The van der Waals surface area contributed by atoms with Crippen LogP contribution in [0.15, 0.2) is 0 Å². The second-order valence-corrected chi connectivity index (χ2v) is 2.97. The van der Waals surface area contributed by atoms with Crippen LogP contribution in [0.2, 0.25) is 0 Å². The first-order valence-corrected chi connectivity index (χ1v) is 3.92. The van der Waals surface area contributed by atoms with Gasteiger partial charge in [0.2, 0.25) is 0 Å². The Labute approximate surface area is 93.8 Å². The second kappa shape index (κ2) is 5.73. The molecule has 1 aliphatic rings. The van der Waals surface area contributed by atoms with Crippen molar-refractivity contribution in [2.75, 3.05) is 0 Å².